The maximum absolute atomic E-state index is 13.0. The third kappa shape index (κ3) is 2.60. The van der Waals surface area contributed by atoms with E-state index in [1.165, 1.54) is 18.3 Å². The maximum Gasteiger partial charge on any atom is 0.131 e. The van der Waals surface area contributed by atoms with Gasteiger partial charge in [-0.15, -0.1) is 0 Å². The minimum absolute atomic E-state index is 0.293. The van der Waals surface area contributed by atoms with E-state index in [4.69, 9.17) is 5.73 Å². The number of aliphatic imine (C=N–C) groups is 1. The van der Waals surface area contributed by atoms with E-state index in [1.54, 1.807) is 12.1 Å². The van der Waals surface area contributed by atoms with Crippen LogP contribution in [0.2, 0.25) is 0 Å². The van der Waals surface area contributed by atoms with Gasteiger partial charge in [-0.05, 0) is 61.5 Å². The topological polar surface area (TPSA) is 67.5 Å². The molecule has 3 N–H and O–H groups in total. The van der Waals surface area contributed by atoms with Crippen LogP contribution in [0.15, 0.2) is 52.7 Å². The molecule has 3 rings (SSSR count). The summed E-state index contributed by atoms with van der Waals surface area (Å²) < 4.78 is 13.0. The minimum atomic E-state index is -0.509. The predicted octanol–water partition coefficient (Wildman–Crippen LogP) is 2.25. The van der Waals surface area contributed by atoms with E-state index in [2.05, 4.69) is 10.3 Å². The Morgan fingerprint density at radius 1 is 1.32 bits per heavy atom. The van der Waals surface area contributed by atoms with Gasteiger partial charge < -0.3 is 15.8 Å². The summed E-state index contributed by atoms with van der Waals surface area (Å²) in [5, 5.41) is 3.27. The molecule has 0 saturated carbocycles. The Morgan fingerprint density at radius 2 is 2.09 bits per heavy atom. The normalized spacial score (nSPS) is 28.3. The molecule has 1 atom stereocenters. The molecule has 114 valence electrons. The number of piperidine rings is 1. The third-order valence-electron chi connectivity index (χ3n) is 4.30. The molecule has 1 aliphatic carbocycles. The summed E-state index contributed by atoms with van der Waals surface area (Å²) in [5.74, 6) is -0.293. The number of benzene rings is 1. The van der Waals surface area contributed by atoms with E-state index in [0.29, 0.717) is 18.7 Å². The first-order chi connectivity index (χ1) is 10.7. The lowest BCUT2D eigenvalue weighted by molar-refractivity contribution is -0.114. The van der Waals surface area contributed by atoms with Gasteiger partial charge >= 0.3 is 0 Å². The standard InChI is InChI=1S/C17H18FN3O/c18-14-1-3-15(4-2-14)21-16-7-13-5-6-20-10-17(13,11-22)8-12(16)9-19/h1-4,7,9,11,20H,5-6,8,10,19H2. The van der Waals surface area contributed by atoms with Gasteiger partial charge in [-0.3, -0.25) is 0 Å². The molecule has 2 aliphatic rings. The van der Waals surface area contributed by atoms with E-state index in [-0.39, 0.29) is 5.82 Å². The van der Waals surface area contributed by atoms with Crippen LogP contribution in [-0.4, -0.2) is 25.1 Å². The lowest BCUT2D eigenvalue weighted by Crippen LogP contribution is -2.45. The second-order valence-electron chi connectivity index (χ2n) is 5.71. The molecule has 5 heteroatoms. The van der Waals surface area contributed by atoms with Crippen molar-refractivity contribution in [2.75, 3.05) is 13.1 Å². The SMILES string of the molecule is NC=C1CC2(C=O)CNCCC2=CC1=Nc1ccc(F)cc1. The van der Waals surface area contributed by atoms with Gasteiger partial charge in [0.15, 0.2) is 0 Å². The fraction of sp³-hybridized carbons (Fsp3) is 0.294. The van der Waals surface area contributed by atoms with Crippen molar-refractivity contribution < 1.29 is 9.18 Å². The number of fused-ring (bicyclic) bond motifs is 1. The molecule has 1 saturated heterocycles. The smallest absolute Gasteiger partial charge is 0.131 e. The fourth-order valence-corrected chi connectivity index (χ4v) is 3.04. The summed E-state index contributed by atoms with van der Waals surface area (Å²) >= 11 is 0. The van der Waals surface area contributed by atoms with E-state index >= 15 is 0 Å². The second kappa shape index (κ2) is 5.85. The summed E-state index contributed by atoms with van der Waals surface area (Å²) in [6.07, 6.45) is 5.85. The average Bonchev–Trinajstić information content (AvgIpc) is 2.56. The second-order valence-corrected chi connectivity index (χ2v) is 5.71. The first-order valence-corrected chi connectivity index (χ1v) is 7.30. The zero-order chi connectivity index (χ0) is 15.6. The Bertz CT molecular complexity index is 676. The number of aldehydes is 1. The van der Waals surface area contributed by atoms with Crippen LogP contribution in [0, 0.1) is 11.2 Å². The number of nitrogens with one attached hydrogen (secondary N) is 1. The molecule has 0 spiro atoms. The van der Waals surface area contributed by atoms with Gasteiger partial charge in [0.2, 0.25) is 0 Å². The molecular weight excluding hydrogens is 281 g/mol. The largest absolute Gasteiger partial charge is 0.404 e. The highest BCUT2D eigenvalue weighted by atomic mass is 19.1. The quantitative estimate of drug-likeness (QED) is 0.823. The van der Waals surface area contributed by atoms with E-state index in [0.717, 1.165) is 36.1 Å². The summed E-state index contributed by atoms with van der Waals surface area (Å²) in [6, 6.07) is 6.00. The first-order valence-electron chi connectivity index (χ1n) is 7.30. The van der Waals surface area contributed by atoms with E-state index in [9.17, 15) is 9.18 Å². The number of hydrogen-bond donors (Lipinski definition) is 2. The molecule has 1 aliphatic heterocycles. The van der Waals surface area contributed by atoms with Crippen LogP contribution in [0.25, 0.3) is 0 Å². The van der Waals surface area contributed by atoms with Crippen molar-refractivity contribution in [1.29, 1.82) is 0 Å². The zero-order valence-electron chi connectivity index (χ0n) is 12.2. The molecule has 4 nitrogen and oxygen atoms in total. The number of halogens is 1. The fourth-order valence-electron chi connectivity index (χ4n) is 3.04. The van der Waals surface area contributed by atoms with Gasteiger partial charge in [-0.2, -0.15) is 0 Å². The molecule has 1 aromatic rings. The Morgan fingerprint density at radius 3 is 2.77 bits per heavy atom. The Balaban J connectivity index is 2.03. The van der Waals surface area contributed by atoms with Gasteiger partial charge in [-0.25, -0.2) is 9.38 Å². The molecule has 1 heterocycles. The van der Waals surface area contributed by atoms with Crippen LogP contribution < -0.4 is 11.1 Å². The summed E-state index contributed by atoms with van der Waals surface area (Å²) in [4.78, 5) is 16.2. The summed E-state index contributed by atoms with van der Waals surface area (Å²) in [5.41, 5.74) is 8.58. The van der Waals surface area contributed by atoms with Crippen LogP contribution >= 0.6 is 0 Å². The predicted molar refractivity (Wildman–Crippen MR) is 84.4 cm³/mol. The monoisotopic (exact) mass is 299 g/mol. The molecular formula is C17H18FN3O. The van der Waals surface area contributed by atoms with Gasteiger partial charge in [0.25, 0.3) is 0 Å². The van der Waals surface area contributed by atoms with Crippen molar-refractivity contribution in [2.45, 2.75) is 12.8 Å². The lowest BCUT2D eigenvalue weighted by Gasteiger charge is -2.39. The van der Waals surface area contributed by atoms with Crippen molar-refractivity contribution in [3.8, 4) is 0 Å². The van der Waals surface area contributed by atoms with Crippen LogP contribution in [0.3, 0.4) is 0 Å². The van der Waals surface area contributed by atoms with Crippen molar-refractivity contribution in [1.82, 2.24) is 5.32 Å². The molecule has 0 aromatic heterocycles. The summed E-state index contributed by atoms with van der Waals surface area (Å²) in [6.45, 7) is 1.48. The highest BCUT2D eigenvalue weighted by Crippen LogP contribution is 2.40. The molecule has 0 bridgehead atoms. The van der Waals surface area contributed by atoms with E-state index in [1.807, 2.05) is 6.08 Å². The number of carbonyl (C=O) groups excluding carboxylic acids is 1. The van der Waals surface area contributed by atoms with Crippen molar-refractivity contribution in [2.24, 2.45) is 16.1 Å². The van der Waals surface area contributed by atoms with Gasteiger partial charge in [-0.1, -0.05) is 5.57 Å². The molecule has 0 radical (unpaired) electrons. The number of nitrogens with two attached hydrogens (primary N) is 1. The highest BCUT2D eigenvalue weighted by Gasteiger charge is 2.40. The molecule has 0 amide bonds. The number of allylic oxidation sites excluding steroid dienone is 2. The third-order valence-corrected chi connectivity index (χ3v) is 4.30. The molecule has 1 unspecified atom stereocenters. The number of carbonyl (C=O) groups is 1. The van der Waals surface area contributed by atoms with Crippen LogP contribution in [-0.2, 0) is 4.79 Å². The van der Waals surface area contributed by atoms with Gasteiger partial charge in [0, 0.05) is 6.54 Å². The Kier molecular flexibility index (Phi) is 3.90. The first kappa shape index (κ1) is 14.7. The maximum atomic E-state index is 13.0. The van der Waals surface area contributed by atoms with Crippen LogP contribution in [0.4, 0.5) is 10.1 Å². The van der Waals surface area contributed by atoms with Gasteiger partial charge in [0.1, 0.15) is 12.1 Å². The van der Waals surface area contributed by atoms with Crippen molar-refractivity contribution in [3.05, 3.63) is 53.5 Å². The van der Waals surface area contributed by atoms with Gasteiger partial charge in [0.05, 0.1) is 16.8 Å². The van der Waals surface area contributed by atoms with Crippen molar-refractivity contribution >= 4 is 17.7 Å². The Hall–Kier alpha value is -2.27. The van der Waals surface area contributed by atoms with Crippen LogP contribution in [0.5, 0.6) is 0 Å². The molecule has 1 aromatic carbocycles. The number of rotatable bonds is 2. The lowest BCUT2D eigenvalue weighted by atomic mass is 9.68. The molecule has 22 heavy (non-hydrogen) atoms. The average molecular weight is 299 g/mol. The highest BCUT2D eigenvalue weighted by molar-refractivity contribution is 6.12. The Labute approximate surface area is 128 Å². The zero-order valence-corrected chi connectivity index (χ0v) is 12.2. The van der Waals surface area contributed by atoms with Crippen molar-refractivity contribution in [3.63, 3.8) is 0 Å². The number of nitrogens with zero attached hydrogens (tertiary/aromatic N) is 1. The number of hydrogen-bond acceptors (Lipinski definition) is 4. The van der Waals surface area contributed by atoms with E-state index < -0.39 is 5.41 Å². The van der Waals surface area contributed by atoms with Crippen LogP contribution in [0.1, 0.15) is 12.8 Å². The summed E-state index contributed by atoms with van der Waals surface area (Å²) in [7, 11) is 0. The molecule has 1 fully saturated rings. The minimum Gasteiger partial charge on any atom is -0.404 e.